The maximum absolute atomic E-state index is 8.64. The second kappa shape index (κ2) is 5.81. The second-order valence-electron chi connectivity index (χ2n) is 3.91. The van der Waals surface area contributed by atoms with E-state index in [1.54, 1.807) is 0 Å². The minimum absolute atomic E-state index is 0.360. The lowest BCUT2D eigenvalue weighted by molar-refractivity contribution is 0.192. The first-order chi connectivity index (χ1) is 7.88. The summed E-state index contributed by atoms with van der Waals surface area (Å²) in [6.07, 6.45) is 3.08. The van der Waals surface area contributed by atoms with Crippen molar-refractivity contribution in [2.45, 2.75) is 25.4 Å². The maximum Gasteiger partial charge on any atom is 0.120 e. The molecule has 1 aliphatic heterocycles. The molecule has 84 valence electrons. The normalized spacial score (nSPS) is 16.7. The molecular weight excluding hydrogens is 218 g/mol. The summed E-state index contributed by atoms with van der Waals surface area (Å²) in [6, 6.07) is 10.0. The second-order valence-corrected chi connectivity index (χ2v) is 5.14. The van der Waals surface area contributed by atoms with Crippen molar-refractivity contribution < 1.29 is 4.74 Å². The van der Waals surface area contributed by atoms with Crippen LogP contribution in [0.3, 0.4) is 0 Å². The molecule has 0 aromatic heterocycles. The Morgan fingerprint density at radius 3 is 2.94 bits per heavy atom. The Balaban J connectivity index is 1.97. The van der Waals surface area contributed by atoms with Gasteiger partial charge in [-0.1, -0.05) is 12.1 Å². The zero-order valence-electron chi connectivity index (χ0n) is 9.19. The van der Waals surface area contributed by atoms with Crippen LogP contribution in [0, 0.1) is 11.3 Å². The number of nitrogens with zero attached hydrogens (tertiary/aromatic N) is 1. The van der Waals surface area contributed by atoms with Crippen molar-refractivity contribution in [3.8, 4) is 11.8 Å². The van der Waals surface area contributed by atoms with Crippen LogP contribution in [-0.4, -0.2) is 17.6 Å². The molecule has 1 heterocycles. The molecule has 1 saturated heterocycles. The van der Waals surface area contributed by atoms with Crippen LogP contribution in [0.25, 0.3) is 0 Å². The molecule has 0 unspecified atom stereocenters. The standard InChI is InChI=1S/C13H15NOS/c14-7-4-11-2-1-3-13(10-11)15-12-5-8-16-9-6-12/h1-3,10,12H,4-6,8-9H2. The molecule has 0 saturated carbocycles. The molecule has 0 bridgehead atoms. The van der Waals surface area contributed by atoms with Gasteiger partial charge in [-0.2, -0.15) is 17.0 Å². The molecule has 16 heavy (non-hydrogen) atoms. The van der Waals surface area contributed by atoms with Crippen molar-refractivity contribution in [3.63, 3.8) is 0 Å². The molecular formula is C13H15NOS. The van der Waals surface area contributed by atoms with Crippen LogP contribution in [0.15, 0.2) is 24.3 Å². The lowest BCUT2D eigenvalue weighted by atomic mass is 10.1. The van der Waals surface area contributed by atoms with E-state index in [1.165, 1.54) is 11.5 Å². The highest BCUT2D eigenvalue weighted by Crippen LogP contribution is 2.23. The smallest absolute Gasteiger partial charge is 0.120 e. The molecule has 2 nitrogen and oxygen atoms in total. The third kappa shape index (κ3) is 3.18. The summed E-state index contributed by atoms with van der Waals surface area (Å²) in [6.45, 7) is 0. The van der Waals surface area contributed by atoms with Crippen LogP contribution < -0.4 is 4.74 Å². The van der Waals surface area contributed by atoms with E-state index in [9.17, 15) is 0 Å². The average molecular weight is 233 g/mol. The summed E-state index contributed by atoms with van der Waals surface area (Å²) >= 11 is 2.00. The van der Waals surface area contributed by atoms with Crippen molar-refractivity contribution in [1.82, 2.24) is 0 Å². The highest BCUT2D eigenvalue weighted by atomic mass is 32.2. The predicted molar refractivity (Wildman–Crippen MR) is 66.7 cm³/mol. The van der Waals surface area contributed by atoms with Gasteiger partial charge in [0.15, 0.2) is 0 Å². The van der Waals surface area contributed by atoms with Gasteiger partial charge in [0.1, 0.15) is 11.9 Å². The molecule has 0 radical (unpaired) electrons. The maximum atomic E-state index is 8.64. The summed E-state index contributed by atoms with van der Waals surface area (Å²) in [5.41, 5.74) is 1.03. The first kappa shape index (κ1) is 11.3. The van der Waals surface area contributed by atoms with Crippen LogP contribution in [0.2, 0.25) is 0 Å². The first-order valence-corrected chi connectivity index (χ1v) is 6.74. The molecule has 0 atom stereocenters. The van der Waals surface area contributed by atoms with Gasteiger partial charge in [-0.25, -0.2) is 0 Å². The largest absolute Gasteiger partial charge is 0.490 e. The number of thioether (sulfide) groups is 1. The monoisotopic (exact) mass is 233 g/mol. The van der Waals surface area contributed by atoms with E-state index in [0.29, 0.717) is 12.5 Å². The highest BCUT2D eigenvalue weighted by Gasteiger charge is 2.14. The quantitative estimate of drug-likeness (QED) is 0.804. The van der Waals surface area contributed by atoms with Gasteiger partial charge in [0.25, 0.3) is 0 Å². The predicted octanol–water partition coefficient (Wildman–Crippen LogP) is 3.03. The lowest BCUT2D eigenvalue weighted by Gasteiger charge is -2.22. The van der Waals surface area contributed by atoms with Crippen LogP contribution in [-0.2, 0) is 6.42 Å². The minimum Gasteiger partial charge on any atom is -0.490 e. The van der Waals surface area contributed by atoms with Crippen LogP contribution in [0.4, 0.5) is 0 Å². The number of rotatable bonds is 3. The van der Waals surface area contributed by atoms with E-state index in [4.69, 9.17) is 10.00 Å². The number of benzene rings is 1. The van der Waals surface area contributed by atoms with Crippen LogP contribution in [0.5, 0.6) is 5.75 Å². The van der Waals surface area contributed by atoms with Gasteiger partial charge in [-0.15, -0.1) is 0 Å². The van der Waals surface area contributed by atoms with Gasteiger partial charge >= 0.3 is 0 Å². The number of hydrogen-bond donors (Lipinski definition) is 0. The summed E-state index contributed by atoms with van der Waals surface area (Å²) in [7, 11) is 0. The zero-order chi connectivity index (χ0) is 11.2. The molecule has 1 aromatic carbocycles. The Labute approximate surface area is 101 Å². The van der Waals surface area contributed by atoms with Crippen LogP contribution >= 0.6 is 11.8 Å². The molecule has 3 heteroatoms. The van der Waals surface area contributed by atoms with Gasteiger partial charge < -0.3 is 4.74 Å². The van der Waals surface area contributed by atoms with Gasteiger partial charge in [0.05, 0.1) is 12.5 Å². The van der Waals surface area contributed by atoms with Gasteiger partial charge in [0, 0.05) is 0 Å². The number of ether oxygens (including phenoxy) is 1. The molecule has 1 aromatic rings. The molecule has 0 amide bonds. The molecule has 0 spiro atoms. The lowest BCUT2D eigenvalue weighted by Crippen LogP contribution is -2.22. The van der Waals surface area contributed by atoms with E-state index >= 15 is 0 Å². The third-order valence-corrected chi connectivity index (χ3v) is 3.70. The fourth-order valence-electron chi connectivity index (χ4n) is 1.81. The van der Waals surface area contributed by atoms with Gasteiger partial charge in [-0.05, 0) is 42.0 Å². The van der Waals surface area contributed by atoms with E-state index in [2.05, 4.69) is 6.07 Å². The Morgan fingerprint density at radius 2 is 2.19 bits per heavy atom. The van der Waals surface area contributed by atoms with Crippen molar-refractivity contribution in [3.05, 3.63) is 29.8 Å². The number of hydrogen-bond acceptors (Lipinski definition) is 3. The summed E-state index contributed by atoms with van der Waals surface area (Å²) in [5.74, 6) is 3.30. The fraction of sp³-hybridized carbons (Fsp3) is 0.462. The zero-order valence-corrected chi connectivity index (χ0v) is 10.0. The van der Waals surface area contributed by atoms with E-state index in [1.807, 2.05) is 36.0 Å². The Kier molecular flexibility index (Phi) is 4.12. The third-order valence-electron chi connectivity index (χ3n) is 2.65. The molecule has 1 fully saturated rings. The van der Waals surface area contributed by atoms with Crippen molar-refractivity contribution in [2.24, 2.45) is 0 Å². The molecule has 2 rings (SSSR count). The van der Waals surface area contributed by atoms with Crippen LogP contribution in [0.1, 0.15) is 18.4 Å². The molecule has 0 aliphatic carbocycles. The molecule has 1 aliphatic rings. The van der Waals surface area contributed by atoms with Crippen molar-refractivity contribution in [1.29, 1.82) is 5.26 Å². The van der Waals surface area contributed by atoms with E-state index in [-0.39, 0.29) is 0 Å². The summed E-state index contributed by atoms with van der Waals surface area (Å²) in [5, 5.41) is 8.64. The SMILES string of the molecule is N#CCc1cccc(OC2CCSCC2)c1. The summed E-state index contributed by atoms with van der Waals surface area (Å²) in [4.78, 5) is 0. The van der Waals surface area contributed by atoms with Crippen molar-refractivity contribution in [2.75, 3.05) is 11.5 Å². The van der Waals surface area contributed by atoms with Gasteiger partial charge in [-0.3, -0.25) is 0 Å². The highest BCUT2D eigenvalue weighted by molar-refractivity contribution is 7.99. The van der Waals surface area contributed by atoms with E-state index in [0.717, 1.165) is 24.2 Å². The first-order valence-electron chi connectivity index (χ1n) is 5.59. The minimum atomic E-state index is 0.360. The Bertz CT molecular complexity index is 380. The fourth-order valence-corrected chi connectivity index (χ4v) is 2.87. The van der Waals surface area contributed by atoms with E-state index < -0.39 is 0 Å². The van der Waals surface area contributed by atoms with Crippen molar-refractivity contribution >= 4 is 11.8 Å². The number of nitriles is 1. The summed E-state index contributed by atoms with van der Waals surface area (Å²) < 4.78 is 5.92. The van der Waals surface area contributed by atoms with Gasteiger partial charge in [0.2, 0.25) is 0 Å². The average Bonchev–Trinajstić information content (AvgIpc) is 2.31. The molecule has 0 N–H and O–H groups in total. The Hall–Kier alpha value is -1.14. The Morgan fingerprint density at radius 1 is 1.38 bits per heavy atom. The topological polar surface area (TPSA) is 33.0 Å².